The fourth-order valence-electron chi connectivity index (χ4n) is 5.01. The van der Waals surface area contributed by atoms with E-state index < -0.39 is 5.82 Å². The number of rotatable bonds is 8. The minimum absolute atomic E-state index is 0.405. The lowest BCUT2D eigenvalue weighted by molar-refractivity contribution is 0.411. The van der Waals surface area contributed by atoms with E-state index in [2.05, 4.69) is 53.6 Å². The summed E-state index contributed by atoms with van der Waals surface area (Å²) in [5, 5.41) is 11.8. The van der Waals surface area contributed by atoms with Crippen LogP contribution in [0, 0.1) is 5.82 Å². The summed E-state index contributed by atoms with van der Waals surface area (Å²) >= 11 is 0. The van der Waals surface area contributed by atoms with Crippen LogP contribution in [0.4, 0.5) is 4.39 Å². The Kier molecular flexibility index (Phi) is 6.57. The topological polar surface area (TPSA) is 117 Å². The van der Waals surface area contributed by atoms with Gasteiger partial charge in [-0.15, -0.1) is 0 Å². The first-order chi connectivity index (χ1) is 20.6. The monoisotopic (exact) mass is 556 g/mol. The van der Waals surface area contributed by atoms with E-state index >= 15 is 0 Å². The average molecular weight is 557 g/mol. The van der Waals surface area contributed by atoms with E-state index in [4.69, 9.17) is 9.72 Å². The predicted octanol–water partition coefficient (Wildman–Crippen LogP) is 6.06. The summed E-state index contributed by atoms with van der Waals surface area (Å²) in [6, 6.07) is 20.7. The summed E-state index contributed by atoms with van der Waals surface area (Å²) in [6.07, 6.45) is 7.16. The van der Waals surface area contributed by atoms with E-state index in [9.17, 15) is 4.39 Å². The van der Waals surface area contributed by atoms with Gasteiger partial charge < -0.3 is 15.0 Å². The summed E-state index contributed by atoms with van der Waals surface area (Å²) in [5.74, 6) is 0.535. The minimum Gasteiger partial charge on any atom is -0.497 e. The first-order valence-electron chi connectivity index (χ1n) is 13.4. The summed E-state index contributed by atoms with van der Waals surface area (Å²) in [5.41, 5.74) is 7.86. The number of nitrogens with one attached hydrogen (secondary N) is 3. The molecule has 0 radical (unpaired) electrons. The Morgan fingerprint density at radius 3 is 2.57 bits per heavy atom. The van der Waals surface area contributed by atoms with Crippen LogP contribution in [0.1, 0.15) is 11.1 Å². The zero-order chi connectivity index (χ0) is 28.5. The number of imidazole rings is 1. The van der Waals surface area contributed by atoms with Crippen molar-refractivity contribution in [2.45, 2.75) is 13.1 Å². The number of hydrogen-bond donors (Lipinski definition) is 3. The fourth-order valence-corrected chi connectivity index (χ4v) is 5.01. The summed E-state index contributed by atoms with van der Waals surface area (Å²) < 4.78 is 19.5. The van der Waals surface area contributed by atoms with Gasteiger partial charge in [-0.25, -0.2) is 14.4 Å². The zero-order valence-electron chi connectivity index (χ0n) is 22.6. The van der Waals surface area contributed by atoms with Crippen molar-refractivity contribution in [3.05, 3.63) is 108 Å². The SMILES string of the molecule is COc1cc(F)cc(-c2nccc3[nH]c(-c4n[nH]c5ncc(-c6cncc(CNCc7ccccc7)c6)cc45)nc23)c1. The molecule has 2 aromatic carbocycles. The van der Waals surface area contributed by atoms with Crippen LogP contribution in [-0.2, 0) is 13.1 Å². The number of H-pyrrole nitrogens is 2. The van der Waals surface area contributed by atoms with Crippen molar-refractivity contribution >= 4 is 22.1 Å². The van der Waals surface area contributed by atoms with Crippen molar-refractivity contribution in [2.24, 2.45) is 0 Å². The fraction of sp³-hybridized carbons (Fsp3) is 0.0938. The molecule has 0 aliphatic rings. The maximum absolute atomic E-state index is 14.3. The average Bonchev–Trinajstić information content (AvgIpc) is 3.65. The van der Waals surface area contributed by atoms with Gasteiger partial charge in [0.05, 0.1) is 23.7 Å². The number of halogens is 1. The highest BCUT2D eigenvalue weighted by atomic mass is 19.1. The summed E-state index contributed by atoms with van der Waals surface area (Å²) in [4.78, 5) is 21.7. The second-order valence-electron chi connectivity index (χ2n) is 9.88. The van der Waals surface area contributed by atoms with Crippen molar-refractivity contribution in [2.75, 3.05) is 7.11 Å². The molecular weight excluding hydrogens is 531 g/mol. The Balaban J connectivity index is 1.21. The van der Waals surface area contributed by atoms with E-state index in [1.54, 1.807) is 18.5 Å². The van der Waals surface area contributed by atoms with E-state index in [1.807, 2.05) is 42.7 Å². The first kappa shape index (κ1) is 25.5. The number of benzene rings is 2. The van der Waals surface area contributed by atoms with Gasteiger partial charge in [0.25, 0.3) is 0 Å². The van der Waals surface area contributed by atoms with E-state index in [1.165, 1.54) is 24.8 Å². The van der Waals surface area contributed by atoms with Gasteiger partial charge in [-0.1, -0.05) is 30.3 Å². The highest BCUT2D eigenvalue weighted by Gasteiger charge is 2.18. The lowest BCUT2D eigenvalue weighted by Gasteiger charge is -2.07. The van der Waals surface area contributed by atoms with Crippen molar-refractivity contribution in [1.29, 1.82) is 0 Å². The molecule has 5 aromatic heterocycles. The van der Waals surface area contributed by atoms with Crippen LogP contribution in [0.2, 0.25) is 0 Å². The van der Waals surface area contributed by atoms with Gasteiger partial charge in [-0.2, -0.15) is 5.10 Å². The normalized spacial score (nSPS) is 11.4. The number of nitrogens with zero attached hydrogens (tertiary/aromatic N) is 5. The van der Waals surface area contributed by atoms with Gasteiger partial charge in [0.2, 0.25) is 0 Å². The van der Waals surface area contributed by atoms with Gasteiger partial charge in [-0.3, -0.25) is 15.1 Å². The third kappa shape index (κ3) is 4.95. The molecule has 0 aliphatic carbocycles. The Labute approximate surface area is 239 Å². The lowest BCUT2D eigenvalue weighted by atomic mass is 10.1. The van der Waals surface area contributed by atoms with E-state index in [0.717, 1.165) is 34.1 Å². The number of ether oxygens (including phenoxy) is 1. The molecule has 0 saturated heterocycles. The largest absolute Gasteiger partial charge is 0.497 e. The third-order valence-electron chi connectivity index (χ3n) is 7.05. The van der Waals surface area contributed by atoms with Gasteiger partial charge in [-0.05, 0) is 41.5 Å². The molecule has 0 spiro atoms. The van der Waals surface area contributed by atoms with Crippen LogP contribution < -0.4 is 10.1 Å². The second kappa shape index (κ2) is 10.8. The molecule has 42 heavy (non-hydrogen) atoms. The molecular formula is C32H25FN8O. The number of fused-ring (bicyclic) bond motifs is 2. The molecule has 0 saturated carbocycles. The Morgan fingerprint density at radius 2 is 1.69 bits per heavy atom. The summed E-state index contributed by atoms with van der Waals surface area (Å²) in [6.45, 7) is 1.47. The van der Waals surface area contributed by atoms with Crippen LogP contribution in [-0.4, -0.2) is 42.2 Å². The second-order valence-corrected chi connectivity index (χ2v) is 9.88. The highest BCUT2D eigenvalue weighted by molar-refractivity contribution is 5.96. The van der Waals surface area contributed by atoms with E-state index in [-0.39, 0.29) is 0 Å². The highest BCUT2D eigenvalue weighted by Crippen LogP contribution is 2.33. The van der Waals surface area contributed by atoms with Crippen molar-refractivity contribution in [1.82, 2.24) is 40.4 Å². The van der Waals surface area contributed by atoms with Gasteiger partial charge in [0, 0.05) is 60.6 Å². The molecule has 7 rings (SSSR count). The minimum atomic E-state index is -0.415. The number of methoxy groups -OCH3 is 1. The van der Waals surface area contributed by atoms with Crippen LogP contribution in [0.15, 0.2) is 91.5 Å². The quantitative estimate of drug-likeness (QED) is 0.208. The molecule has 5 heterocycles. The van der Waals surface area contributed by atoms with Crippen LogP contribution in [0.25, 0.3) is 56.0 Å². The first-order valence-corrected chi connectivity index (χ1v) is 13.4. The molecule has 9 nitrogen and oxygen atoms in total. The standard InChI is InChI=1S/C32H25FN8O/c1-42-25-11-21(10-24(33)13-25)28-30-27(7-8-36-28)38-32(39-30)29-26-12-23(18-37-31(26)41-40-29)22-9-20(16-35-17-22)15-34-14-19-5-3-2-4-6-19/h2-13,16-18,34H,14-15H2,1H3,(H,38,39)(H,37,40,41). The summed E-state index contributed by atoms with van der Waals surface area (Å²) in [7, 11) is 1.50. The Morgan fingerprint density at radius 1 is 0.833 bits per heavy atom. The number of pyridine rings is 3. The number of aromatic amines is 2. The third-order valence-corrected chi connectivity index (χ3v) is 7.05. The van der Waals surface area contributed by atoms with Crippen molar-refractivity contribution in [3.63, 3.8) is 0 Å². The van der Waals surface area contributed by atoms with Gasteiger partial charge in [0.1, 0.15) is 22.8 Å². The maximum atomic E-state index is 14.3. The predicted molar refractivity (Wildman–Crippen MR) is 159 cm³/mol. The van der Waals surface area contributed by atoms with Gasteiger partial charge >= 0.3 is 0 Å². The molecule has 0 unspecified atom stereocenters. The van der Waals surface area contributed by atoms with Crippen LogP contribution in [0.3, 0.4) is 0 Å². The smallest absolute Gasteiger partial charge is 0.159 e. The van der Waals surface area contributed by atoms with Crippen molar-refractivity contribution in [3.8, 4) is 39.7 Å². The van der Waals surface area contributed by atoms with Crippen molar-refractivity contribution < 1.29 is 9.13 Å². The maximum Gasteiger partial charge on any atom is 0.159 e. The number of hydrogen-bond acceptors (Lipinski definition) is 7. The van der Waals surface area contributed by atoms with Crippen LogP contribution >= 0.6 is 0 Å². The molecule has 0 fully saturated rings. The molecule has 0 bridgehead atoms. The molecule has 10 heteroatoms. The molecule has 206 valence electrons. The Hall–Kier alpha value is -5.48. The molecule has 0 aliphatic heterocycles. The molecule has 3 N–H and O–H groups in total. The van der Waals surface area contributed by atoms with Gasteiger partial charge in [0.15, 0.2) is 11.5 Å². The Bertz CT molecular complexity index is 2040. The molecule has 7 aromatic rings. The lowest BCUT2D eigenvalue weighted by Crippen LogP contribution is -2.12. The van der Waals surface area contributed by atoms with Crippen LogP contribution in [0.5, 0.6) is 5.75 Å². The zero-order valence-corrected chi connectivity index (χ0v) is 22.6. The number of aromatic nitrogens is 7. The molecule has 0 amide bonds. The van der Waals surface area contributed by atoms with E-state index in [0.29, 0.717) is 46.2 Å². The molecule has 0 atom stereocenters.